The fourth-order valence-corrected chi connectivity index (χ4v) is 4.79. The summed E-state index contributed by atoms with van der Waals surface area (Å²) in [6.07, 6.45) is 8.14. The van der Waals surface area contributed by atoms with Gasteiger partial charge in [-0.3, -0.25) is 0 Å². The predicted molar refractivity (Wildman–Crippen MR) is 79.1 cm³/mol. The molecular formula is C18H24FN. The number of rotatable bonds is 4. The molecule has 20 heavy (non-hydrogen) atoms. The second-order valence-electron chi connectivity index (χ2n) is 7.23. The van der Waals surface area contributed by atoms with E-state index in [1.165, 1.54) is 32.2 Å². The highest BCUT2D eigenvalue weighted by Crippen LogP contribution is 2.48. The third-order valence-electron chi connectivity index (χ3n) is 6.04. The number of halogens is 1. The molecule has 3 saturated carbocycles. The van der Waals surface area contributed by atoms with Crippen molar-refractivity contribution in [1.29, 1.82) is 0 Å². The van der Waals surface area contributed by atoms with E-state index in [1.807, 2.05) is 12.1 Å². The van der Waals surface area contributed by atoms with E-state index < -0.39 is 0 Å². The van der Waals surface area contributed by atoms with Gasteiger partial charge in [0.25, 0.3) is 0 Å². The molecule has 3 aliphatic carbocycles. The van der Waals surface area contributed by atoms with Gasteiger partial charge in [0.1, 0.15) is 5.82 Å². The Kier molecular flexibility index (Phi) is 3.30. The van der Waals surface area contributed by atoms with Gasteiger partial charge in [-0.05, 0) is 74.0 Å². The van der Waals surface area contributed by atoms with Gasteiger partial charge >= 0.3 is 0 Å². The standard InChI is InChI=1S/C18H24FN/c19-18-4-2-1-3-17(18)14-9-16(10-14)20-11-15-8-12-5-6-13(15)7-12/h1-4,12-16,20H,5-11H2. The summed E-state index contributed by atoms with van der Waals surface area (Å²) < 4.78 is 13.7. The third-order valence-corrected chi connectivity index (χ3v) is 6.04. The highest BCUT2D eigenvalue weighted by Gasteiger charge is 2.40. The van der Waals surface area contributed by atoms with Crippen molar-refractivity contribution in [2.45, 2.75) is 50.5 Å². The minimum atomic E-state index is -0.0240. The summed E-state index contributed by atoms with van der Waals surface area (Å²) in [7, 11) is 0. The molecular weight excluding hydrogens is 249 g/mol. The maximum Gasteiger partial charge on any atom is 0.126 e. The van der Waals surface area contributed by atoms with Gasteiger partial charge in [-0.15, -0.1) is 0 Å². The van der Waals surface area contributed by atoms with E-state index in [1.54, 1.807) is 12.1 Å². The summed E-state index contributed by atoms with van der Waals surface area (Å²) in [5.74, 6) is 3.40. The summed E-state index contributed by atoms with van der Waals surface area (Å²) >= 11 is 0. The second kappa shape index (κ2) is 5.14. The zero-order valence-electron chi connectivity index (χ0n) is 12.0. The van der Waals surface area contributed by atoms with Gasteiger partial charge in [0.05, 0.1) is 0 Å². The van der Waals surface area contributed by atoms with Crippen LogP contribution in [-0.2, 0) is 0 Å². The summed E-state index contributed by atoms with van der Waals surface area (Å²) in [6.45, 7) is 1.20. The van der Waals surface area contributed by atoms with Gasteiger partial charge in [-0.2, -0.15) is 0 Å². The van der Waals surface area contributed by atoms with Gasteiger partial charge in [-0.1, -0.05) is 24.6 Å². The average molecular weight is 273 g/mol. The molecule has 108 valence electrons. The summed E-state index contributed by atoms with van der Waals surface area (Å²) in [5, 5.41) is 3.74. The van der Waals surface area contributed by atoms with E-state index >= 15 is 0 Å². The molecule has 0 aliphatic heterocycles. The number of benzene rings is 1. The Hall–Kier alpha value is -0.890. The monoisotopic (exact) mass is 273 g/mol. The highest BCUT2D eigenvalue weighted by atomic mass is 19.1. The van der Waals surface area contributed by atoms with Crippen LogP contribution in [0.25, 0.3) is 0 Å². The molecule has 0 spiro atoms. The number of hydrogen-bond acceptors (Lipinski definition) is 1. The van der Waals surface area contributed by atoms with Crippen LogP contribution in [0.5, 0.6) is 0 Å². The third kappa shape index (κ3) is 2.28. The smallest absolute Gasteiger partial charge is 0.126 e. The second-order valence-corrected chi connectivity index (χ2v) is 7.23. The molecule has 2 bridgehead atoms. The van der Waals surface area contributed by atoms with Crippen LogP contribution >= 0.6 is 0 Å². The number of hydrogen-bond donors (Lipinski definition) is 1. The molecule has 3 atom stereocenters. The molecule has 1 N–H and O–H groups in total. The molecule has 4 rings (SSSR count). The largest absolute Gasteiger partial charge is 0.314 e. The van der Waals surface area contributed by atoms with Crippen LogP contribution in [0.15, 0.2) is 24.3 Å². The maximum absolute atomic E-state index is 13.7. The maximum atomic E-state index is 13.7. The topological polar surface area (TPSA) is 12.0 Å². The molecule has 0 saturated heterocycles. The lowest BCUT2D eigenvalue weighted by Crippen LogP contribution is -2.43. The van der Waals surface area contributed by atoms with E-state index in [0.717, 1.165) is 36.2 Å². The molecule has 3 fully saturated rings. The fraction of sp³-hybridized carbons (Fsp3) is 0.667. The van der Waals surface area contributed by atoms with Crippen LogP contribution in [0.1, 0.15) is 50.0 Å². The van der Waals surface area contributed by atoms with Crippen molar-refractivity contribution >= 4 is 0 Å². The molecule has 0 amide bonds. The van der Waals surface area contributed by atoms with Crippen molar-refractivity contribution in [3.05, 3.63) is 35.6 Å². The van der Waals surface area contributed by atoms with Crippen LogP contribution in [0.2, 0.25) is 0 Å². The first kappa shape index (κ1) is 12.8. The van der Waals surface area contributed by atoms with Crippen molar-refractivity contribution in [3.63, 3.8) is 0 Å². The summed E-state index contributed by atoms with van der Waals surface area (Å²) in [6, 6.07) is 7.90. The van der Waals surface area contributed by atoms with Crippen LogP contribution < -0.4 is 5.32 Å². The molecule has 0 radical (unpaired) electrons. The fourth-order valence-electron chi connectivity index (χ4n) is 4.79. The summed E-state index contributed by atoms with van der Waals surface area (Å²) in [5.41, 5.74) is 0.922. The Morgan fingerprint density at radius 1 is 1.05 bits per heavy atom. The zero-order valence-corrected chi connectivity index (χ0v) is 12.0. The van der Waals surface area contributed by atoms with Gasteiger partial charge in [-0.25, -0.2) is 4.39 Å². The Morgan fingerprint density at radius 3 is 2.60 bits per heavy atom. The van der Waals surface area contributed by atoms with Gasteiger partial charge < -0.3 is 5.32 Å². The van der Waals surface area contributed by atoms with Crippen LogP contribution in [0.3, 0.4) is 0 Å². The Labute approximate surface area is 121 Å². The van der Waals surface area contributed by atoms with Crippen molar-refractivity contribution in [2.24, 2.45) is 17.8 Å². The predicted octanol–water partition coefficient (Wildman–Crippen LogP) is 4.10. The van der Waals surface area contributed by atoms with Crippen LogP contribution in [0.4, 0.5) is 4.39 Å². The Balaban J connectivity index is 1.25. The van der Waals surface area contributed by atoms with E-state index in [-0.39, 0.29) is 5.82 Å². The average Bonchev–Trinajstić information content (AvgIpc) is 3.01. The lowest BCUT2D eigenvalue weighted by molar-refractivity contribution is 0.244. The number of nitrogens with one attached hydrogen (secondary N) is 1. The van der Waals surface area contributed by atoms with Crippen LogP contribution in [-0.4, -0.2) is 12.6 Å². The lowest BCUT2D eigenvalue weighted by Gasteiger charge is -2.38. The molecule has 0 aromatic heterocycles. The molecule has 2 heteroatoms. The summed E-state index contributed by atoms with van der Waals surface area (Å²) in [4.78, 5) is 0. The first-order valence-electron chi connectivity index (χ1n) is 8.27. The van der Waals surface area contributed by atoms with E-state index in [0.29, 0.717) is 12.0 Å². The van der Waals surface area contributed by atoms with Gasteiger partial charge in [0, 0.05) is 6.04 Å². The van der Waals surface area contributed by atoms with Crippen molar-refractivity contribution < 1.29 is 4.39 Å². The quantitative estimate of drug-likeness (QED) is 0.871. The highest BCUT2D eigenvalue weighted by molar-refractivity contribution is 5.24. The van der Waals surface area contributed by atoms with E-state index in [9.17, 15) is 4.39 Å². The molecule has 3 aliphatic rings. The number of fused-ring (bicyclic) bond motifs is 2. The normalized spacial score (nSPS) is 39.0. The SMILES string of the molecule is Fc1ccccc1C1CC(NCC2CC3CCC2C3)C1. The lowest BCUT2D eigenvalue weighted by atomic mass is 9.75. The van der Waals surface area contributed by atoms with Crippen molar-refractivity contribution in [2.75, 3.05) is 6.54 Å². The molecule has 1 aromatic rings. The first-order valence-corrected chi connectivity index (χ1v) is 8.27. The zero-order chi connectivity index (χ0) is 13.5. The molecule has 1 aromatic carbocycles. The molecule has 0 heterocycles. The molecule has 3 unspecified atom stereocenters. The van der Waals surface area contributed by atoms with E-state index in [2.05, 4.69) is 5.32 Å². The van der Waals surface area contributed by atoms with Gasteiger partial charge in [0.2, 0.25) is 0 Å². The van der Waals surface area contributed by atoms with E-state index in [4.69, 9.17) is 0 Å². The van der Waals surface area contributed by atoms with Gasteiger partial charge in [0.15, 0.2) is 0 Å². The first-order chi connectivity index (χ1) is 9.79. The molecule has 1 nitrogen and oxygen atoms in total. The minimum Gasteiger partial charge on any atom is -0.314 e. The minimum absolute atomic E-state index is 0.0240. The Bertz CT molecular complexity index is 480. The van der Waals surface area contributed by atoms with Crippen molar-refractivity contribution in [3.8, 4) is 0 Å². The Morgan fingerprint density at radius 2 is 1.90 bits per heavy atom. The van der Waals surface area contributed by atoms with Crippen LogP contribution in [0, 0.1) is 23.6 Å². The van der Waals surface area contributed by atoms with Crippen molar-refractivity contribution in [1.82, 2.24) is 5.32 Å².